The van der Waals surface area contributed by atoms with Crippen LogP contribution in [0, 0.1) is 19.8 Å². The van der Waals surface area contributed by atoms with Gasteiger partial charge in [-0.1, -0.05) is 19.1 Å². The molecule has 1 aromatic heterocycles. The van der Waals surface area contributed by atoms with Crippen molar-refractivity contribution in [2.75, 3.05) is 18.0 Å². The van der Waals surface area contributed by atoms with Crippen molar-refractivity contribution >= 4 is 23.0 Å². The summed E-state index contributed by atoms with van der Waals surface area (Å²) in [6.07, 6.45) is 0.530. The molecule has 5 heteroatoms. The minimum absolute atomic E-state index is 0.226. The Hall–Kier alpha value is -1.20. The van der Waals surface area contributed by atoms with Gasteiger partial charge in [-0.15, -0.1) is 0 Å². The minimum Gasteiger partial charge on any atom is -0.393 e. The van der Waals surface area contributed by atoms with Crippen LogP contribution in [0.25, 0.3) is 0 Å². The average molecular weight is 279 g/mol. The maximum Gasteiger partial charge on any atom is 0.139 e. The highest BCUT2D eigenvalue weighted by molar-refractivity contribution is 7.80. The Morgan fingerprint density at radius 2 is 2.21 bits per heavy atom. The van der Waals surface area contributed by atoms with Crippen molar-refractivity contribution in [1.82, 2.24) is 4.98 Å². The van der Waals surface area contributed by atoms with E-state index in [0.29, 0.717) is 4.99 Å². The van der Waals surface area contributed by atoms with Gasteiger partial charge in [0.05, 0.1) is 11.7 Å². The van der Waals surface area contributed by atoms with Crippen molar-refractivity contribution in [3.8, 4) is 0 Å². The number of thiocarbonyl (C=S) groups is 1. The highest BCUT2D eigenvalue weighted by Crippen LogP contribution is 2.27. The third-order valence-electron chi connectivity index (χ3n) is 3.73. The van der Waals surface area contributed by atoms with Crippen LogP contribution in [0.3, 0.4) is 0 Å². The molecule has 1 aliphatic rings. The molecular weight excluding hydrogens is 258 g/mol. The molecule has 0 saturated carbocycles. The van der Waals surface area contributed by atoms with E-state index in [1.165, 1.54) is 0 Å². The van der Waals surface area contributed by atoms with Crippen LogP contribution in [0.4, 0.5) is 5.82 Å². The molecular formula is C14H21N3OS. The van der Waals surface area contributed by atoms with Crippen LogP contribution < -0.4 is 10.6 Å². The van der Waals surface area contributed by atoms with Gasteiger partial charge in [-0.3, -0.25) is 0 Å². The van der Waals surface area contributed by atoms with Crippen molar-refractivity contribution < 1.29 is 5.11 Å². The number of nitrogens with zero attached hydrogens (tertiary/aromatic N) is 2. The van der Waals surface area contributed by atoms with Crippen molar-refractivity contribution in [1.29, 1.82) is 0 Å². The van der Waals surface area contributed by atoms with Crippen LogP contribution in [-0.4, -0.2) is 34.3 Å². The quantitative estimate of drug-likeness (QED) is 0.804. The van der Waals surface area contributed by atoms with E-state index >= 15 is 0 Å². The van der Waals surface area contributed by atoms with Gasteiger partial charge in [-0.25, -0.2) is 4.98 Å². The smallest absolute Gasteiger partial charge is 0.139 e. The van der Waals surface area contributed by atoms with Gasteiger partial charge in [0.1, 0.15) is 10.8 Å². The summed E-state index contributed by atoms with van der Waals surface area (Å²) in [5, 5.41) is 9.83. The second kappa shape index (κ2) is 5.43. The molecule has 2 heterocycles. The van der Waals surface area contributed by atoms with Gasteiger partial charge in [0.25, 0.3) is 0 Å². The Balaban J connectivity index is 2.41. The van der Waals surface area contributed by atoms with Gasteiger partial charge in [-0.2, -0.15) is 0 Å². The first-order valence-corrected chi connectivity index (χ1v) is 7.02. The zero-order valence-corrected chi connectivity index (χ0v) is 12.5. The molecule has 0 radical (unpaired) electrons. The second-order valence-corrected chi connectivity index (χ2v) is 5.86. The summed E-state index contributed by atoms with van der Waals surface area (Å²) in [5.74, 6) is 1.10. The number of anilines is 1. The van der Waals surface area contributed by atoms with Crippen molar-refractivity contribution in [2.24, 2.45) is 11.7 Å². The number of aromatic nitrogens is 1. The van der Waals surface area contributed by atoms with E-state index in [9.17, 15) is 5.11 Å². The number of aryl methyl sites for hydroxylation is 2. The van der Waals surface area contributed by atoms with Crippen molar-refractivity contribution in [3.63, 3.8) is 0 Å². The average Bonchev–Trinajstić information content (AvgIpc) is 2.31. The maximum atomic E-state index is 9.83. The molecule has 2 rings (SSSR count). The minimum atomic E-state index is -0.226. The molecule has 3 N–H and O–H groups in total. The van der Waals surface area contributed by atoms with E-state index in [2.05, 4.69) is 16.8 Å². The molecule has 0 bridgehead atoms. The lowest BCUT2D eigenvalue weighted by Crippen LogP contribution is -2.43. The van der Waals surface area contributed by atoms with Gasteiger partial charge in [0.15, 0.2) is 0 Å². The summed E-state index contributed by atoms with van der Waals surface area (Å²) in [5.41, 5.74) is 8.74. The van der Waals surface area contributed by atoms with Crippen molar-refractivity contribution in [3.05, 3.63) is 22.9 Å². The van der Waals surface area contributed by atoms with Crippen LogP contribution in [-0.2, 0) is 0 Å². The number of pyridine rings is 1. The standard InChI is InChI=1S/C14H21N3OS/c1-8-6-10(3)16-14(12(8)13(15)19)17-5-4-11(18)9(2)7-17/h6,9,11,18H,4-5,7H2,1-3H3,(H2,15,19). The Bertz CT molecular complexity index is 504. The topological polar surface area (TPSA) is 62.4 Å². The van der Waals surface area contributed by atoms with Crippen LogP contribution in [0.15, 0.2) is 6.07 Å². The Morgan fingerprint density at radius 3 is 2.79 bits per heavy atom. The first-order valence-electron chi connectivity index (χ1n) is 6.61. The lowest BCUT2D eigenvalue weighted by molar-refractivity contribution is 0.0969. The third kappa shape index (κ3) is 2.87. The molecule has 2 unspecified atom stereocenters. The Morgan fingerprint density at radius 1 is 1.53 bits per heavy atom. The van der Waals surface area contributed by atoms with Gasteiger partial charge < -0.3 is 15.7 Å². The van der Waals surface area contributed by atoms with E-state index in [1.807, 2.05) is 19.9 Å². The lowest BCUT2D eigenvalue weighted by Gasteiger charge is -2.36. The van der Waals surface area contributed by atoms with Crippen molar-refractivity contribution in [2.45, 2.75) is 33.3 Å². The van der Waals surface area contributed by atoms with Gasteiger partial charge in [0.2, 0.25) is 0 Å². The SMILES string of the molecule is Cc1cc(C)c(C(N)=S)c(N2CCC(O)C(C)C2)n1. The molecule has 4 nitrogen and oxygen atoms in total. The predicted molar refractivity (Wildman–Crippen MR) is 81.6 cm³/mol. The van der Waals surface area contributed by atoms with E-state index in [-0.39, 0.29) is 12.0 Å². The van der Waals surface area contributed by atoms with Crippen LogP contribution in [0.2, 0.25) is 0 Å². The Labute approximate surface area is 119 Å². The molecule has 1 aromatic rings. The maximum absolute atomic E-state index is 9.83. The molecule has 0 aromatic carbocycles. The fraction of sp³-hybridized carbons (Fsp3) is 0.571. The number of hydrogen-bond donors (Lipinski definition) is 2. The highest BCUT2D eigenvalue weighted by atomic mass is 32.1. The van der Waals surface area contributed by atoms with E-state index in [0.717, 1.165) is 42.1 Å². The molecule has 1 aliphatic heterocycles. The van der Waals surface area contributed by atoms with Gasteiger partial charge in [-0.05, 0) is 37.8 Å². The Kier molecular flexibility index (Phi) is 4.06. The summed E-state index contributed by atoms with van der Waals surface area (Å²) >= 11 is 5.16. The van der Waals surface area contributed by atoms with Crippen LogP contribution in [0.5, 0.6) is 0 Å². The summed E-state index contributed by atoms with van der Waals surface area (Å²) in [6.45, 7) is 7.61. The molecule has 104 valence electrons. The zero-order chi connectivity index (χ0) is 14.2. The number of piperidine rings is 1. The predicted octanol–water partition coefficient (Wildman–Crippen LogP) is 1.54. The van der Waals surface area contributed by atoms with Crippen LogP contribution >= 0.6 is 12.2 Å². The first kappa shape index (κ1) is 14.2. The monoisotopic (exact) mass is 279 g/mol. The number of rotatable bonds is 2. The summed E-state index contributed by atoms with van der Waals surface area (Å²) in [7, 11) is 0. The fourth-order valence-corrected chi connectivity index (χ4v) is 2.93. The van der Waals surface area contributed by atoms with E-state index in [4.69, 9.17) is 18.0 Å². The first-order chi connectivity index (χ1) is 8.90. The van der Waals surface area contributed by atoms with E-state index in [1.54, 1.807) is 0 Å². The molecule has 0 spiro atoms. The summed E-state index contributed by atoms with van der Waals surface area (Å²) in [4.78, 5) is 7.19. The number of hydrogen-bond acceptors (Lipinski definition) is 4. The second-order valence-electron chi connectivity index (χ2n) is 5.42. The number of nitrogens with two attached hydrogens (primary N) is 1. The summed E-state index contributed by atoms with van der Waals surface area (Å²) in [6, 6.07) is 2.00. The molecule has 19 heavy (non-hydrogen) atoms. The highest BCUT2D eigenvalue weighted by Gasteiger charge is 2.27. The van der Waals surface area contributed by atoms with Gasteiger partial charge in [0, 0.05) is 18.8 Å². The molecule has 1 saturated heterocycles. The van der Waals surface area contributed by atoms with E-state index < -0.39 is 0 Å². The largest absolute Gasteiger partial charge is 0.393 e. The summed E-state index contributed by atoms with van der Waals surface area (Å²) < 4.78 is 0. The number of aliphatic hydroxyl groups excluding tert-OH is 1. The van der Waals surface area contributed by atoms with Gasteiger partial charge >= 0.3 is 0 Å². The molecule has 2 atom stereocenters. The zero-order valence-electron chi connectivity index (χ0n) is 11.7. The molecule has 0 amide bonds. The fourth-order valence-electron chi connectivity index (χ4n) is 2.68. The third-order valence-corrected chi connectivity index (χ3v) is 3.94. The molecule has 1 fully saturated rings. The lowest BCUT2D eigenvalue weighted by atomic mass is 9.96. The van der Waals surface area contributed by atoms with Crippen LogP contribution in [0.1, 0.15) is 30.2 Å². The number of aliphatic hydroxyl groups is 1. The molecule has 0 aliphatic carbocycles. The normalized spacial score (nSPS) is 23.5.